The van der Waals surface area contributed by atoms with E-state index in [0.717, 1.165) is 12.4 Å². The molecular formula is C12H21NO. The van der Waals surface area contributed by atoms with Crippen molar-refractivity contribution in [2.45, 2.75) is 58.5 Å². The maximum absolute atomic E-state index is 6.10. The number of hydrogen-bond acceptors (Lipinski definition) is 2. The highest BCUT2D eigenvalue weighted by atomic mass is 16.5. The minimum atomic E-state index is 0.0843. The van der Waals surface area contributed by atoms with Crippen molar-refractivity contribution in [3.8, 4) is 0 Å². The predicted octanol–water partition coefficient (Wildman–Crippen LogP) is 3.16. The van der Waals surface area contributed by atoms with Gasteiger partial charge in [-0.1, -0.05) is 27.2 Å². The molecule has 0 radical (unpaired) electrons. The summed E-state index contributed by atoms with van der Waals surface area (Å²) in [5, 5.41) is 0. The lowest BCUT2D eigenvalue weighted by atomic mass is 9.85. The van der Waals surface area contributed by atoms with Crippen molar-refractivity contribution in [1.82, 2.24) is 0 Å². The molecule has 80 valence electrons. The first-order chi connectivity index (χ1) is 6.52. The smallest absolute Gasteiger partial charge is 0.189 e. The SMILES string of the molecule is CC(C)(C)C1=NCC2(CCCCC2)O1. The van der Waals surface area contributed by atoms with Crippen LogP contribution >= 0.6 is 0 Å². The van der Waals surface area contributed by atoms with E-state index < -0.39 is 0 Å². The summed E-state index contributed by atoms with van der Waals surface area (Å²) in [6.07, 6.45) is 6.40. The molecule has 0 saturated heterocycles. The van der Waals surface area contributed by atoms with Gasteiger partial charge in [-0.3, -0.25) is 4.99 Å². The molecule has 0 aromatic rings. The van der Waals surface area contributed by atoms with Crippen LogP contribution in [0, 0.1) is 5.41 Å². The summed E-state index contributed by atoms with van der Waals surface area (Å²) < 4.78 is 6.10. The molecule has 1 spiro atoms. The monoisotopic (exact) mass is 195 g/mol. The number of rotatable bonds is 0. The Morgan fingerprint density at radius 3 is 2.29 bits per heavy atom. The molecule has 1 aliphatic carbocycles. The normalized spacial score (nSPS) is 26.1. The van der Waals surface area contributed by atoms with Gasteiger partial charge in [-0.2, -0.15) is 0 Å². The molecule has 0 bridgehead atoms. The van der Waals surface area contributed by atoms with Crippen molar-refractivity contribution < 1.29 is 4.74 Å². The van der Waals surface area contributed by atoms with Crippen molar-refractivity contribution >= 4 is 5.90 Å². The van der Waals surface area contributed by atoms with Crippen LogP contribution in [0.2, 0.25) is 0 Å². The van der Waals surface area contributed by atoms with Gasteiger partial charge in [0.1, 0.15) is 5.60 Å². The van der Waals surface area contributed by atoms with Crippen molar-refractivity contribution in [3.63, 3.8) is 0 Å². The van der Waals surface area contributed by atoms with Crippen LogP contribution in [0.25, 0.3) is 0 Å². The number of ether oxygens (including phenoxy) is 1. The van der Waals surface area contributed by atoms with Gasteiger partial charge in [0.2, 0.25) is 0 Å². The summed E-state index contributed by atoms with van der Waals surface area (Å²) in [6, 6.07) is 0. The lowest BCUT2D eigenvalue weighted by molar-refractivity contribution is 0.0374. The van der Waals surface area contributed by atoms with Gasteiger partial charge >= 0.3 is 0 Å². The molecule has 1 heterocycles. The molecule has 1 aliphatic heterocycles. The fourth-order valence-corrected chi connectivity index (χ4v) is 2.33. The third-order valence-corrected chi connectivity index (χ3v) is 3.23. The Bertz CT molecular complexity index is 244. The van der Waals surface area contributed by atoms with Gasteiger partial charge in [0, 0.05) is 5.41 Å². The summed E-state index contributed by atoms with van der Waals surface area (Å²) in [5.41, 5.74) is 0.182. The van der Waals surface area contributed by atoms with Crippen LogP contribution < -0.4 is 0 Å². The van der Waals surface area contributed by atoms with E-state index >= 15 is 0 Å². The molecule has 0 aromatic carbocycles. The van der Waals surface area contributed by atoms with Gasteiger partial charge in [0.15, 0.2) is 5.90 Å². The number of hydrogen-bond donors (Lipinski definition) is 0. The average molecular weight is 195 g/mol. The lowest BCUT2D eigenvalue weighted by Crippen LogP contribution is -2.37. The molecule has 2 aliphatic rings. The van der Waals surface area contributed by atoms with E-state index in [-0.39, 0.29) is 11.0 Å². The summed E-state index contributed by atoms with van der Waals surface area (Å²) in [4.78, 5) is 4.58. The van der Waals surface area contributed by atoms with Gasteiger partial charge in [0.25, 0.3) is 0 Å². The van der Waals surface area contributed by atoms with Crippen molar-refractivity contribution in [2.24, 2.45) is 10.4 Å². The minimum Gasteiger partial charge on any atom is -0.472 e. The molecule has 0 atom stereocenters. The van der Waals surface area contributed by atoms with Crippen LogP contribution in [-0.4, -0.2) is 18.0 Å². The van der Waals surface area contributed by atoms with Crippen LogP contribution in [-0.2, 0) is 4.74 Å². The highest BCUT2D eigenvalue weighted by molar-refractivity contribution is 5.83. The van der Waals surface area contributed by atoms with Crippen molar-refractivity contribution in [2.75, 3.05) is 6.54 Å². The second-order valence-electron chi connectivity index (χ2n) is 5.72. The summed E-state index contributed by atoms with van der Waals surface area (Å²) in [5.74, 6) is 0.972. The molecule has 0 N–H and O–H groups in total. The minimum absolute atomic E-state index is 0.0843. The van der Waals surface area contributed by atoms with Crippen LogP contribution in [0.4, 0.5) is 0 Å². The van der Waals surface area contributed by atoms with Crippen LogP contribution in [0.3, 0.4) is 0 Å². The van der Waals surface area contributed by atoms with Gasteiger partial charge in [-0.05, 0) is 25.7 Å². The Hall–Kier alpha value is -0.530. The lowest BCUT2D eigenvalue weighted by Gasteiger charge is -2.33. The molecule has 0 aromatic heterocycles. The largest absolute Gasteiger partial charge is 0.472 e. The van der Waals surface area contributed by atoms with Crippen molar-refractivity contribution in [3.05, 3.63) is 0 Å². The zero-order valence-electron chi connectivity index (χ0n) is 9.60. The van der Waals surface area contributed by atoms with Gasteiger partial charge in [-0.25, -0.2) is 0 Å². The molecule has 1 fully saturated rings. The summed E-state index contributed by atoms with van der Waals surface area (Å²) in [7, 11) is 0. The predicted molar refractivity (Wildman–Crippen MR) is 58.7 cm³/mol. The van der Waals surface area contributed by atoms with Crippen LogP contribution in [0.15, 0.2) is 4.99 Å². The Morgan fingerprint density at radius 1 is 1.14 bits per heavy atom. The van der Waals surface area contributed by atoms with Crippen LogP contribution in [0.5, 0.6) is 0 Å². The fraction of sp³-hybridized carbons (Fsp3) is 0.917. The Labute approximate surface area is 86.8 Å². The quantitative estimate of drug-likeness (QED) is 0.582. The van der Waals surface area contributed by atoms with Crippen molar-refractivity contribution in [1.29, 1.82) is 0 Å². The standard InChI is InChI=1S/C12H21NO/c1-11(2,3)10-13-9-12(14-10)7-5-4-6-8-12/h4-9H2,1-3H3. The zero-order valence-corrected chi connectivity index (χ0v) is 9.60. The molecule has 0 unspecified atom stereocenters. The number of aliphatic imine (C=N–C) groups is 1. The molecule has 0 amide bonds. The van der Waals surface area contributed by atoms with E-state index in [2.05, 4.69) is 25.8 Å². The van der Waals surface area contributed by atoms with Gasteiger partial charge < -0.3 is 4.74 Å². The Morgan fingerprint density at radius 2 is 1.79 bits per heavy atom. The van der Waals surface area contributed by atoms with E-state index in [1.54, 1.807) is 0 Å². The van der Waals surface area contributed by atoms with E-state index in [1.807, 2.05) is 0 Å². The van der Waals surface area contributed by atoms with E-state index in [4.69, 9.17) is 4.74 Å². The third kappa shape index (κ3) is 1.79. The first kappa shape index (κ1) is 10.0. The molecule has 14 heavy (non-hydrogen) atoms. The third-order valence-electron chi connectivity index (χ3n) is 3.23. The topological polar surface area (TPSA) is 21.6 Å². The Kier molecular flexibility index (Phi) is 2.32. The van der Waals surface area contributed by atoms with Crippen LogP contribution in [0.1, 0.15) is 52.9 Å². The number of nitrogens with zero attached hydrogens (tertiary/aromatic N) is 1. The van der Waals surface area contributed by atoms with E-state index in [1.165, 1.54) is 32.1 Å². The highest BCUT2D eigenvalue weighted by Crippen LogP contribution is 2.38. The summed E-state index contributed by atoms with van der Waals surface area (Å²) >= 11 is 0. The molecule has 2 nitrogen and oxygen atoms in total. The van der Waals surface area contributed by atoms with E-state index in [9.17, 15) is 0 Å². The Balaban J connectivity index is 2.03. The van der Waals surface area contributed by atoms with Gasteiger partial charge in [-0.15, -0.1) is 0 Å². The highest BCUT2D eigenvalue weighted by Gasteiger charge is 2.41. The second-order valence-corrected chi connectivity index (χ2v) is 5.72. The second kappa shape index (κ2) is 3.25. The van der Waals surface area contributed by atoms with E-state index in [0.29, 0.717) is 0 Å². The maximum atomic E-state index is 6.10. The summed E-state index contributed by atoms with van der Waals surface area (Å²) in [6.45, 7) is 7.43. The first-order valence-electron chi connectivity index (χ1n) is 5.76. The first-order valence-corrected chi connectivity index (χ1v) is 5.76. The van der Waals surface area contributed by atoms with Gasteiger partial charge in [0.05, 0.1) is 6.54 Å². The molecular weight excluding hydrogens is 174 g/mol. The average Bonchev–Trinajstić information content (AvgIpc) is 2.50. The molecule has 2 rings (SSSR count). The molecule has 2 heteroatoms. The molecule has 1 saturated carbocycles. The zero-order chi connectivity index (χ0) is 10.2. The maximum Gasteiger partial charge on any atom is 0.189 e. The fourth-order valence-electron chi connectivity index (χ4n) is 2.33.